The summed E-state index contributed by atoms with van der Waals surface area (Å²) in [6.45, 7) is 4.24. The smallest absolute Gasteiger partial charge is 0.143 e. The normalized spacial score (nSPS) is 10.6. The highest BCUT2D eigenvalue weighted by Crippen LogP contribution is 2.10. The van der Waals surface area contributed by atoms with Gasteiger partial charge in [-0.3, -0.25) is 0 Å². The number of aromatic nitrogens is 2. The maximum Gasteiger partial charge on any atom is 0.143 e. The van der Waals surface area contributed by atoms with Gasteiger partial charge in [0.15, 0.2) is 0 Å². The molecule has 0 radical (unpaired) electrons. The van der Waals surface area contributed by atoms with Crippen LogP contribution in [-0.2, 0) is 17.8 Å². The second-order valence-corrected chi connectivity index (χ2v) is 3.73. The third-order valence-corrected chi connectivity index (χ3v) is 2.48. The Morgan fingerprint density at radius 1 is 1.38 bits per heavy atom. The molecule has 0 unspecified atom stereocenters. The van der Waals surface area contributed by atoms with E-state index in [2.05, 4.69) is 15.5 Å². The van der Waals surface area contributed by atoms with Gasteiger partial charge in [-0.1, -0.05) is 11.3 Å². The van der Waals surface area contributed by atoms with Crippen molar-refractivity contribution in [3.63, 3.8) is 0 Å². The van der Waals surface area contributed by atoms with Crippen molar-refractivity contribution in [3.05, 3.63) is 10.0 Å². The molecule has 1 N–H and O–H groups in total. The lowest BCUT2D eigenvalue weighted by atomic mass is 10.4. The van der Waals surface area contributed by atoms with Gasteiger partial charge in [-0.25, -0.2) is 0 Å². The monoisotopic (exact) mass is 201 g/mol. The number of nitrogens with zero attached hydrogens (tertiary/aromatic N) is 2. The zero-order valence-electron chi connectivity index (χ0n) is 8.04. The van der Waals surface area contributed by atoms with E-state index in [0.29, 0.717) is 6.61 Å². The Hall–Kier alpha value is -0.520. The lowest BCUT2D eigenvalue weighted by Crippen LogP contribution is -2.09. The van der Waals surface area contributed by atoms with E-state index in [1.54, 1.807) is 11.3 Å². The topological polar surface area (TPSA) is 47.0 Å². The van der Waals surface area contributed by atoms with Gasteiger partial charge in [-0.2, -0.15) is 0 Å². The Bertz CT molecular complexity index is 217. The lowest BCUT2D eigenvalue weighted by molar-refractivity contribution is 0.133. The average Bonchev–Trinajstić information content (AvgIpc) is 2.59. The first-order valence-corrected chi connectivity index (χ1v) is 5.22. The van der Waals surface area contributed by atoms with Crippen LogP contribution in [0.1, 0.15) is 16.9 Å². The summed E-state index contributed by atoms with van der Waals surface area (Å²) in [7, 11) is 1.93. The third kappa shape index (κ3) is 3.80. The Morgan fingerprint density at radius 3 is 2.85 bits per heavy atom. The van der Waals surface area contributed by atoms with E-state index in [1.165, 1.54) is 0 Å². The number of rotatable bonds is 6. The first kappa shape index (κ1) is 10.6. The summed E-state index contributed by atoms with van der Waals surface area (Å²) in [5, 5.41) is 13.2. The molecule has 0 saturated carbocycles. The number of likely N-dealkylation sites (N-methyl/N-ethyl adjacent to an activating group) is 1. The van der Waals surface area contributed by atoms with Crippen molar-refractivity contribution in [2.75, 3.05) is 20.2 Å². The molecule has 0 spiro atoms. The van der Waals surface area contributed by atoms with Gasteiger partial charge in [0.2, 0.25) is 0 Å². The van der Waals surface area contributed by atoms with Crippen LogP contribution in [0.5, 0.6) is 0 Å². The van der Waals surface area contributed by atoms with Gasteiger partial charge >= 0.3 is 0 Å². The van der Waals surface area contributed by atoms with E-state index in [9.17, 15) is 0 Å². The van der Waals surface area contributed by atoms with E-state index in [-0.39, 0.29) is 0 Å². The molecule has 0 atom stereocenters. The van der Waals surface area contributed by atoms with E-state index in [0.717, 1.165) is 29.6 Å². The molecule has 4 nitrogen and oxygen atoms in total. The van der Waals surface area contributed by atoms with Gasteiger partial charge in [0.1, 0.15) is 16.6 Å². The third-order valence-electron chi connectivity index (χ3n) is 1.53. The van der Waals surface area contributed by atoms with Crippen molar-refractivity contribution in [1.29, 1.82) is 0 Å². The molecule has 0 aliphatic carbocycles. The molecule has 74 valence electrons. The minimum atomic E-state index is 0.591. The van der Waals surface area contributed by atoms with Crippen molar-refractivity contribution < 1.29 is 4.74 Å². The SMILES string of the molecule is CCOCc1nnc(CCNC)s1. The van der Waals surface area contributed by atoms with Crippen LogP contribution in [0, 0.1) is 0 Å². The van der Waals surface area contributed by atoms with Crippen molar-refractivity contribution in [3.8, 4) is 0 Å². The van der Waals surface area contributed by atoms with Gasteiger partial charge in [-0.05, 0) is 14.0 Å². The van der Waals surface area contributed by atoms with Crippen LogP contribution in [0.25, 0.3) is 0 Å². The van der Waals surface area contributed by atoms with Gasteiger partial charge in [0.05, 0.1) is 0 Å². The molecule has 0 aliphatic rings. The zero-order chi connectivity index (χ0) is 9.52. The first-order chi connectivity index (χ1) is 6.36. The molecular weight excluding hydrogens is 186 g/mol. The fraction of sp³-hybridized carbons (Fsp3) is 0.750. The molecule has 1 rings (SSSR count). The zero-order valence-corrected chi connectivity index (χ0v) is 8.86. The Balaban J connectivity index is 2.34. The fourth-order valence-corrected chi connectivity index (χ4v) is 1.65. The quantitative estimate of drug-likeness (QED) is 0.741. The Kier molecular flexibility index (Phi) is 4.88. The minimum Gasteiger partial charge on any atom is -0.374 e. The Morgan fingerprint density at radius 2 is 2.15 bits per heavy atom. The van der Waals surface area contributed by atoms with Gasteiger partial charge in [0, 0.05) is 19.6 Å². The van der Waals surface area contributed by atoms with Crippen LogP contribution in [0.3, 0.4) is 0 Å². The van der Waals surface area contributed by atoms with Crippen molar-refractivity contribution in [2.45, 2.75) is 20.0 Å². The largest absolute Gasteiger partial charge is 0.374 e. The van der Waals surface area contributed by atoms with E-state index in [1.807, 2.05) is 14.0 Å². The summed E-state index contributed by atoms with van der Waals surface area (Å²) in [5.74, 6) is 0. The molecule has 0 aliphatic heterocycles. The molecule has 1 heterocycles. The number of hydrogen-bond acceptors (Lipinski definition) is 5. The summed E-state index contributed by atoms with van der Waals surface area (Å²) in [5.41, 5.74) is 0. The molecule has 1 aromatic rings. The molecule has 1 aromatic heterocycles. The van der Waals surface area contributed by atoms with E-state index < -0.39 is 0 Å². The molecular formula is C8H15N3OS. The Labute approximate surface area is 82.3 Å². The van der Waals surface area contributed by atoms with Crippen LogP contribution in [0.4, 0.5) is 0 Å². The molecule has 0 amide bonds. The standard InChI is InChI=1S/C8H15N3OS/c1-3-12-6-8-11-10-7(13-8)4-5-9-2/h9H,3-6H2,1-2H3. The van der Waals surface area contributed by atoms with Gasteiger partial charge in [0.25, 0.3) is 0 Å². The number of ether oxygens (including phenoxy) is 1. The summed E-state index contributed by atoms with van der Waals surface area (Å²) < 4.78 is 5.23. The van der Waals surface area contributed by atoms with Crippen LogP contribution in [0.15, 0.2) is 0 Å². The first-order valence-electron chi connectivity index (χ1n) is 4.40. The predicted octanol–water partition coefficient (Wildman–Crippen LogP) is 0.837. The molecule has 0 fully saturated rings. The van der Waals surface area contributed by atoms with Crippen molar-refractivity contribution in [1.82, 2.24) is 15.5 Å². The minimum absolute atomic E-state index is 0.591. The van der Waals surface area contributed by atoms with Gasteiger partial charge < -0.3 is 10.1 Å². The van der Waals surface area contributed by atoms with Crippen molar-refractivity contribution in [2.24, 2.45) is 0 Å². The summed E-state index contributed by atoms with van der Waals surface area (Å²) >= 11 is 1.63. The van der Waals surface area contributed by atoms with Gasteiger partial charge in [-0.15, -0.1) is 10.2 Å². The lowest BCUT2D eigenvalue weighted by Gasteiger charge is -1.93. The second-order valence-electron chi connectivity index (χ2n) is 2.58. The highest BCUT2D eigenvalue weighted by molar-refractivity contribution is 7.11. The molecule has 0 bridgehead atoms. The predicted molar refractivity (Wildman–Crippen MR) is 52.9 cm³/mol. The highest BCUT2D eigenvalue weighted by atomic mass is 32.1. The number of nitrogens with one attached hydrogen (secondary N) is 1. The molecule has 13 heavy (non-hydrogen) atoms. The maximum atomic E-state index is 5.23. The van der Waals surface area contributed by atoms with Crippen LogP contribution in [-0.4, -0.2) is 30.4 Å². The van der Waals surface area contributed by atoms with Crippen LogP contribution < -0.4 is 5.32 Å². The second kappa shape index (κ2) is 6.01. The van der Waals surface area contributed by atoms with Crippen LogP contribution in [0.2, 0.25) is 0 Å². The highest BCUT2D eigenvalue weighted by Gasteiger charge is 2.02. The summed E-state index contributed by atoms with van der Waals surface area (Å²) in [6, 6.07) is 0. The van der Waals surface area contributed by atoms with Crippen LogP contribution >= 0.6 is 11.3 Å². The summed E-state index contributed by atoms with van der Waals surface area (Å²) in [6.07, 6.45) is 0.945. The number of hydrogen-bond donors (Lipinski definition) is 1. The van der Waals surface area contributed by atoms with E-state index in [4.69, 9.17) is 4.74 Å². The molecule has 0 aromatic carbocycles. The average molecular weight is 201 g/mol. The fourth-order valence-electron chi connectivity index (χ4n) is 0.869. The van der Waals surface area contributed by atoms with E-state index >= 15 is 0 Å². The summed E-state index contributed by atoms with van der Waals surface area (Å²) in [4.78, 5) is 0. The molecule has 5 heteroatoms. The maximum absolute atomic E-state index is 5.23. The van der Waals surface area contributed by atoms with Crippen molar-refractivity contribution >= 4 is 11.3 Å². The molecule has 0 saturated heterocycles.